The van der Waals surface area contributed by atoms with E-state index in [0.29, 0.717) is 22.6 Å². The van der Waals surface area contributed by atoms with E-state index < -0.39 is 29.6 Å². The van der Waals surface area contributed by atoms with Crippen LogP contribution in [0.2, 0.25) is 0 Å². The van der Waals surface area contributed by atoms with Crippen LogP contribution < -0.4 is 9.47 Å². The molecule has 152 valence electrons. The SMILES string of the molecule is COC(=O)[C@@H](C)Oc1cccc2c(Oc3ccc(C(F)(F)F)cc3F)cccc12. The highest BCUT2D eigenvalue weighted by Crippen LogP contribution is 2.37. The number of benzene rings is 3. The molecule has 0 saturated carbocycles. The molecule has 0 amide bonds. The highest BCUT2D eigenvalue weighted by Gasteiger charge is 2.31. The van der Waals surface area contributed by atoms with Gasteiger partial charge >= 0.3 is 12.1 Å². The smallest absolute Gasteiger partial charge is 0.416 e. The molecule has 1 atom stereocenters. The minimum Gasteiger partial charge on any atom is -0.478 e. The number of carbonyl (C=O) groups excluding carboxylic acids is 1. The maximum Gasteiger partial charge on any atom is 0.416 e. The molecule has 0 saturated heterocycles. The number of alkyl halides is 3. The zero-order chi connectivity index (χ0) is 21.2. The van der Waals surface area contributed by atoms with Crippen molar-refractivity contribution in [2.75, 3.05) is 7.11 Å². The lowest BCUT2D eigenvalue weighted by Crippen LogP contribution is -2.24. The summed E-state index contributed by atoms with van der Waals surface area (Å²) in [5.74, 6) is -1.44. The maximum atomic E-state index is 14.1. The van der Waals surface area contributed by atoms with Gasteiger partial charge in [-0.3, -0.25) is 0 Å². The summed E-state index contributed by atoms with van der Waals surface area (Å²) in [6.45, 7) is 1.53. The van der Waals surface area contributed by atoms with Gasteiger partial charge in [-0.15, -0.1) is 0 Å². The molecule has 0 aliphatic heterocycles. The zero-order valence-electron chi connectivity index (χ0n) is 15.4. The van der Waals surface area contributed by atoms with Crippen LogP contribution in [0.3, 0.4) is 0 Å². The average molecular weight is 408 g/mol. The van der Waals surface area contributed by atoms with Crippen molar-refractivity contribution in [1.29, 1.82) is 0 Å². The number of halogens is 4. The van der Waals surface area contributed by atoms with Crippen molar-refractivity contribution in [3.8, 4) is 17.2 Å². The summed E-state index contributed by atoms with van der Waals surface area (Å²) in [6.07, 6.45) is -5.51. The van der Waals surface area contributed by atoms with Gasteiger partial charge in [0.2, 0.25) is 0 Å². The third-order valence-corrected chi connectivity index (χ3v) is 4.16. The first-order valence-electron chi connectivity index (χ1n) is 8.51. The van der Waals surface area contributed by atoms with Gasteiger partial charge in [0.25, 0.3) is 0 Å². The number of hydrogen-bond donors (Lipinski definition) is 0. The summed E-state index contributed by atoms with van der Waals surface area (Å²) in [4.78, 5) is 11.6. The Bertz CT molecular complexity index is 1050. The van der Waals surface area contributed by atoms with Crippen LogP contribution in [0.15, 0.2) is 54.6 Å². The Morgan fingerprint density at radius 3 is 2.14 bits per heavy atom. The molecule has 3 aromatic carbocycles. The maximum absolute atomic E-state index is 14.1. The molecule has 3 rings (SSSR count). The highest BCUT2D eigenvalue weighted by atomic mass is 19.4. The second kappa shape index (κ2) is 7.98. The van der Waals surface area contributed by atoms with Gasteiger partial charge in [0.15, 0.2) is 17.7 Å². The summed E-state index contributed by atoms with van der Waals surface area (Å²) in [7, 11) is 1.25. The summed E-state index contributed by atoms with van der Waals surface area (Å²) in [6, 6.07) is 11.9. The number of rotatable bonds is 5. The minimum absolute atomic E-state index is 0.220. The fourth-order valence-electron chi connectivity index (χ4n) is 2.73. The fraction of sp³-hybridized carbons (Fsp3) is 0.190. The van der Waals surface area contributed by atoms with Gasteiger partial charge in [-0.25, -0.2) is 9.18 Å². The molecular weight excluding hydrogens is 392 g/mol. The molecule has 4 nitrogen and oxygen atoms in total. The summed E-state index contributed by atoms with van der Waals surface area (Å²) in [5.41, 5.74) is -1.10. The lowest BCUT2D eigenvalue weighted by Gasteiger charge is -2.16. The second-order valence-corrected chi connectivity index (χ2v) is 6.14. The van der Waals surface area contributed by atoms with Crippen molar-refractivity contribution in [2.24, 2.45) is 0 Å². The Morgan fingerprint density at radius 2 is 1.55 bits per heavy atom. The first-order valence-corrected chi connectivity index (χ1v) is 8.51. The third-order valence-electron chi connectivity index (χ3n) is 4.16. The van der Waals surface area contributed by atoms with Crippen LogP contribution in [0.5, 0.6) is 17.2 Å². The number of ether oxygens (including phenoxy) is 3. The zero-order valence-corrected chi connectivity index (χ0v) is 15.4. The van der Waals surface area contributed by atoms with E-state index in [-0.39, 0.29) is 11.5 Å². The molecule has 0 aliphatic carbocycles. The third kappa shape index (κ3) is 4.42. The molecule has 8 heteroatoms. The van der Waals surface area contributed by atoms with Gasteiger partial charge in [0.1, 0.15) is 11.5 Å². The van der Waals surface area contributed by atoms with Crippen LogP contribution in [-0.2, 0) is 15.7 Å². The van der Waals surface area contributed by atoms with E-state index in [2.05, 4.69) is 4.74 Å². The van der Waals surface area contributed by atoms with Crippen LogP contribution >= 0.6 is 0 Å². The van der Waals surface area contributed by atoms with E-state index >= 15 is 0 Å². The molecule has 0 aromatic heterocycles. The Kier molecular flexibility index (Phi) is 5.63. The summed E-state index contributed by atoms with van der Waals surface area (Å²) < 4.78 is 68.1. The van der Waals surface area contributed by atoms with Crippen LogP contribution in [0.1, 0.15) is 12.5 Å². The quantitative estimate of drug-likeness (QED) is 0.400. The van der Waals surface area contributed by atoms with Crippen LogP contribution in [0, 0.1) is 5.82 Å². The molecule has 0 heterocycles. The fourth-order valence-corrected chi connectivity index (χ4v) is 2.73. The number of esters is 1. The van der Waals surface area contributed by atoms with E-state index in [9.17, 15) is 22.4 Å². The second-order valence-electron chi connectivity index (χ2n) is 6.14. The average Bonchev–Trinajstić information content (AvgIpc) is 2.68. The van der Waals surface area contributed by atoms with Crippen molar-refractivity contribution in [3.05, 3.63) is 66.0 Å². The van der Waals surface area contributed by atoms with Gasteiger partial charge < -0.3 is 14.2 Å². The predicted molar refractivity (Wildman–Crippen MR) is 97.5 cm³/mol. The number of methoxy groups -OCH3 is 1. The molecule has 29 heavy (non-hydrogen) atoms. The molecule has 0 bridgehead atoms. The molecule has 0 N–H and O–H groups in total. The monoisotopic (exact) mass is 408 g/mol. The summed E-state index contributed by atoms with van der Waals surface area (Å²) >= 11 is 0. The highest BCUT2D eigenvalue weighted by molar-refractivity contribution is 5.93. The topological polar surface area (TPSA) is 44.8 Å². The predicted octanol–water partition coefficient (Wildman–Crippen LogP) is 5.73. The normalized spacial score (nSPS) is 12.5. The van der Waals surface area contributed by atoms with Crippen molar-refractivity contribution >= 4 is 16.7 Å². The van der Waals surface area contributed by atoms with Crippen LogP contribution in [-0.4, -0.2) is 19.2 Å². The van der Waals surface area contributed by atoms with Crippen molar-refractivity contribution in [3.63, 3.8) is 0 Å². The van der Waals surface area contributed by atoms with Gasteiger partial charge in [-0.1, -0.05) is 24.3 Å². The Labute approximate surface area is 163 Å². The molecule has 0 unspecified atom stereocenters. The van der Waals surface area contributed by atoms with Gasteiger partial charge in [-0.2, -0.15) is 13.2 Å². The Morgan fingerprint density at radius 1 is 0.931 bits per heavy atom. The minimum atomic E-state index is -4.65. The van der Waals surface area contributed by atoms with E-state index in [1.54, 1.807) is 36.4 Å². The molecule has 0 aliphatic rings. The van der Waals surface area contributed by atoms with E-state index in [4.69, 9.17) is 9.47 Å². The van der Waals surface area contributed by atoms with Crippen LogP contribution in [0.4, 0.5) is 17.6 Å². The molecule has 0 fully saturated rings. The van der Waals surface area contributed by atoms with Crippen LogP contribution in [0.25, 0.3) is 10.8 Å². The molecule has 3 aromatic rings. The first-order chi connectivity index (χ1) is 13.7. The van der Waals surface area contributed by atoms with E-state index in [1.165, 1.54) is 14.0 Å². The van der Waals surface area contributed by atoms with Gasteiger partial charge in [0, 0.05) is 10.8 Å². The van der Waals surface area contributed by atoms with Crippen molar-refractivity contribution in [2.45, 2.75) is 19.2 Å². The molecule has 0 radical (unpaired) electrons. The Hall–Kier alpha value is -3.29. The number of carbonyl (C=O) groups is 1. The van der Waals surface area contributed by atoms with Crippen molar-refractivity contribution < 1.29 is 36.6 Å². The van der Waals surface area contributed by atoms with E-state index in [1.807, 2.05) is 0 Å². The Balaban J connectivity index is 1.95. The first kappa shape index (κ1) is 20.4. The lowest BCUT2D eigenvalue weighted by molar-refractivity contribution is -0.147. The molecular formula is C21H16F4O4. The molecule has 0 spiro atoms. The van der Waals surface area contributed by atoms with Gasteiger partial charge in [0.05, 0.1) is 12.7 Å². The van der Waals surface area contributed by atoms with E-state index in [0.717, 1.165) is 12.1 Å². The lowest BCUT2D eigenvalue weighted by atomic mass is 10.1. The summed E-state index contributed by atoms with van der Waals surface area (Å²) in [5, 5.41) is 1.11. The largest absolute Gasteiger partial charge is 0.478 e. The standard InChI is InChI=1S/C21H16F4O4/c1-12(20(26)27-2)28-17-7-3-6-15-14(17)5-4-8-18(15)29-19-10-9-13(11-16(19)22)21(23,24)25/h3-12H,1-2H3/t12-/m1/s1. The van der Waals surface area contributed by atoms with Gasteiger partial charge in [-0.05, 0) is 37.3 Å². The number of hydrogen-bond acceptors (Lipinski definition) is 4. The number of fused-ring (bicyclic) bond motifs is 1. The van der Waals surface area contributed by atoms with Crippen molar-refractivity contribution in [1.82, 2.24) is 0 Å².